The fourth-order valence-corrected chi connectivity index (χ4v) is 1.29. The zero-order valence-electron chi connectivity index (χ0n) is 8.08. The van der Waals surface area contributed by atoms with Crippen LogP contribution in [0.2, 0.25) is 5.02 Å². The molecule has 0 radical (unpaired) electrons. The standard InChI is InChI=1S/C9H8ClN5O/c10-7-4-13-15(5-7)8-2-1-6(3-12-8)9(11)14-16/h1-5,16H,(H2,11,14). The van der Waals surface area contributed by atoms with Gasteiger partial charge in [0.05, 0.1) is 17.4 Å². The molecule has 0 atom stereocenters. The highest BCUT2D eigenvalue weighted by Gasteiger charge is 2.03. The summed E-state index contributed by atoms with van der Waals surface area (Å²) in [6, 6.07) is 3.36. The van der Waals surface area contributed by atoms with Gasteiger partial charge in [-0.3, -0.25) is 0 Å². The van der Waals surface area contributed by atoms with Gasteiger partial charge in [-0.05, 0) is 12.1 Å². The molecule has 6 nitrogen and oxygen atoms in total. The minimum atomic E-state index is 0.0116. The molecule has 0 bridgehead atoms. The molecule has 2 rings (SSSR count). The van der Waals surface area contributed by atoms with Crippen molar-refractivity contribution in [3.63, 3.8) is 0 Å². The van der Waals surface area contributed by atoms with Crippen LogP contribution in [0, 0.1) is 0 Å². The van der Waals surface area contributed by atoms with E-state index in [4.69, 9.17) is 22.5 Å². The lowest BCUT2D eigenvalue weighted by atomic mass is 10.2. The van der Waals surface area contributed by atoms with Crippen molar-refractivity contribution in [3.8, 4) is 5.82 Å². The third kappa shape index (κ3) is 1.96. The molecule has 82 valence electrons. The van der Waals surface area contributed by atoms with Crippen molar-refractivity contribution in [2.75, 3.05) is 0 Å². The number of pyridine rings is 1. The first kappa shape index (κ1) is 10.4. The van der Waals surface area contributed by atoms with E-state index in [2.05, 4.69) is 15.2 Å². The Balaban J connectivity index is 2.33. The Morgan fingerprint density at radius 1 is 1.44 bits per heavy atom. The number of hydrogen-bond donors (Lipinski definition) is 2. The van der Waals surface area contributed by atoms with Gasteiger partial charge in [0, 0.05) is 11.8 Å². The Labute approximate surface area is 96.0 Å². The molecule has 0 saturated heterocycles. The van der Waals surface area contributed by atoms with Gasteiger partial charge in [-0.25, -0.2) is 9.67 Å². The molecule has 2 aromatic heterocycles. The second kappa shape index (κ2) is 4.19. The van der Waals surface area contributed by atoms with Crippen LogP contribution in [0.5, 0.6) is 0 Å². The molecule has 0 spiro atoms. The van der Waals surface area contributed by atoms with E-state index in [0.717, 1.165) is 0 Å². The lowest BCUT2D eigenvalue weighted by Gasteiger charge is -2.01. The largest absolute Gasteiger partial charge is 0.409 e. The van der Waals surface area contributed by atoms with E-state index in [0.29, 0.717) is 16.4 Å². The van der Waals surface area contributed by atoms with Crippen LogP contribution < -0.4 is 5.73 Å². The van der Waals surface area contributed by atoms with Gasteiger partial charge in [0.15, 0.2) is 11.7 Å². The average Bonchev–Trinajstić information content (AvgIpc) is 2.75. The van der Waals surface area contributed by atoms with E-state index in [1.807, 2.05) is 0 Å². The van der Waals surface area contributed by atoms with E-state index >= 15 is 0 Å². The Morgan fingerprint density at radius 3 is 2.75 bits per heavy atom. The summed E-state index contributed by atoms with van der Waals surface area (Å²) in [6.45, 7) is 0. The zero-order valence-corrected chi connectivity index (χ0v) is 8.83. The van der Waals surface area contributed by atoms with Crippen LogP contribution in [-0.4, -0.2) is 25.8 Å². The van der Waals surface area contributed by atoms with E-state index in [9.17, 15) is 0 Å². The van der Waals surface area contributed by atoms with Crippen molar-refractivity contribution >= 4 is 17.4 Å². The number of nitrogens with two attached hydrogens (primary N) is 1. The van der Waals surface area contributed by atoms with Gasteiger partial charge in [0.1, 0.15) is 0 Å². The van der Waals surface area contributed by atoms with Crippen LogP contribution in [-0.2, 0) is 0 Å². The number of halogens is 1. The van der Waals surface area contributed by atoms with Gasteiger partial charge in [0.2, 0.25) is 0 Å². The predicted molar refractivity (Wildman–Crippen MR) is 58.9 cm³/mol. The lowest BCUT2D eigenvalue weighted by molar-refractivity contribution is 0.318. The number of hydrogen-bond acceptors (Lipinski definition) is 4. The molecule has 2 heterocycles. The summed E-state index contributed by atoms with van der Waals surface area (Å²) < 4.78 is 1.53. The van der Waals surface area contributed by atoms with Crippen LogP contribution in [0.25, 0.3) is 5.82 Å². The average molecular weight is 238 g/mol. The first-order valence-corrected chi connectivity index (χ1v) is 4.73. The molecule has 0 unspecified atom stereocenters. The normalized spacial score (nSPS) is 11.7. The summed E-state index contributed by atoms with van der Waals surface area (Å²) >= 11 is 5.73. The van der Waals surface area contributed by atoms with E-state index in [1.54, 1.807) is 18.3 Å². The highest BCUT2D eigenvalue weighted by molar-refractivity contribution is 6.30. The molecule has 0 aliphatic rings. The number of rotatable bonds is 2. The number of oxime groups is 1. The fraction of sp³-hybridized carbons (Fsp3) is 0. The molecule has 0 aliphatic carbocycles. The maximum absolute atomic E-state index is 8.48. The van der Waals surface area contributed by atoms with Crippen LogP contribution >= 0.6 is 11.6 Å². The highest BCUT2D eigenvalue weighted by atomic mass is 35.5. The third-order valence-corrected chi connectivity index (χ3v) is 2.13. The summed E-state index contributed by atoms with van der Waals surface area (Å²) in [5, 5.41) is 15.9. The van der Waals surface area contributed by atoms with Gasteiger partial charge in [-0.1, -0.05) is 16.8 Å². The maximum atomic E-state index is 8.48. The first-order valence-electron chi connectivity index (χ1n) is 4.35. The monoisotopic (exact) mass is 237 g/mol. The van der Waals surface area contributed by atoms with Crippen LogP contribution in [0.1, 0.15) is 5.56 Å². The Bertz CT molecular complexity index is 519. The molecular formula is C9H8ClN5O. The minimum absolute atomic E-state index is 0.0116. The van der Waals surface area contributed by atoms with Crippen molar-refractivity contribution in [2.45, 2.75) is 0 Å². The van der Waals surface area contributed by atoms with Crippen molar-refractivity contribution in [1.82, 2.24) is 14.8 Å². The summed E-state index contributed by atoms with van der Waals surface area (Å²) in [6.07, 6.45) is 4.63. The summed E-state index contributed by atoms with van der Waals surface area (Å²) in [5.74, 6) is 0.610. The molecule has 3 N–H and O–H groups in total. The molecular weight excluding hydrogens is 230 g/mol. The molecule has 0 fully saturated rings. The van der Waals surface area contributed by atoms with Crippen LogP contribution in [0.4, 0.5) is 0 Å². The van der Waals surface area contributed by atoms with Crippen molar-refractivity contribution in [3.05, 3.63) is 41.3 Å². The second-order valence-electron chi connectivity index (χ2n) is 2.99. The first-order chi connectivity index (χ1) is 7.70. The summed E-state index contributed by atoms with van der Waals surface area (Å²) in [5.41, 5.74) is 5.94. The SMILES string of the molecule is N/C(=N\O)c1ccc(-n2cc(Cl)cn2)nc1. The van der Waals surface area contributed by atoms with Crippen molar-refractivity contribution < 1.29 is 5.21 Å². The lowest BCUT2D eigenvalue weighted by Crippen LogP contribution is -2.13. The Kier molecular flexibility index (Phi) is 2.74. The molecule has 0 aromatic carbocycles. The van der Waals surface area contributed by atoms with Gasteiger partial charge >= 0.3 is 0 Å². The minimum Gasteiger partial charge on any atom is -0.409 e. The number of nitrogens with zero attached hydrogens (tertiary/aromatic N) is 4. The summed E-state index contributed by atoms with van der Waals surface area (Å²) in [7, 11) is 0. The Morgan fingerprint density at radius 2 is 2.25 bits per heavy atom. The van der Waals surface area contributed by atoms with Crippen LogP contribution in [0.15, 0.2) is 35.9 Å². The molecule has 0 amide bonds. The molecule has 0 saturated carbocycles. The second-order valence-corrected chi connectivity index (χ2v) is 3.43. The van der Waals surface area contributed by atoms with E-state index in [-0.39, 0.29) is 5.84 Å². The van der Waals surface area contributed by atoms with E-state index < -0.39 is 0 Å². The topological polar surface area (TPSA) is 89.3 Å². The maximum Gasteiger partial charge on any atom is 0.171 e. The van der Waals surface area contributed by atoms with Gasteiger partial charge in [-0.2, -0.15) is 5.10 Å². The zero-order chi connectivity index (χ0) is 11.5. The molecule has 7 heteroatoms. The third-order valence-electron chi connectivity index (χ3n) is 1.94. The highest BCUT2D eigenvalue weighted by Crippen LogP contribution is 2.10. The summed E-state index contributed by atoms with van der Waals surface area (Å²) in [4.78, 5) is 4.10. The molecule has 0 aliphatic heterocycles. The number of aromatic nitrogens is 3. The van der Waals surface area contributed by atoms with E-state index in [1.165, 1.54) is 17.1 Å². The fourth-order valence-electron chi connectivity index (χ4n) is 1.16. The predicted octanol–water partition coefficient (Wildman–Crippen LogP) is 1.02. The van der Waals surface area contributed by atoms with Crippen molar-refractivity contribution in [2.24, 2.45) is 10.9 Å². The number of amidine groups is 1. The molecule has 2 aromatic rings. The van der Waals surface area contributed by atoms with Gasteiger partial charge in [-0.15, -0.1) is 0 Å². The Hall–Kier alpha value is -2.08. The smallest absolute Gasteiger partial charge is 0.171 e. The van der Waals surface area contributed by atoms with Crippen LogP contribution in [0.3, 0.4) is 0 Å². The van der Waals surface area contributed by atoms with Crippen molar-refractivity contribution in [1.29, 1.82) is 0 Å². The molecule has 16 heavy (non-hydrogen) atoms. The quantitative estimate of drug-likeness (QED) is 0.353. The van der Waals surface area contributed by atoms with Gasteiger partial charge in [0.25, 0.3) is 0 Å². The van der Waals surface area contributed by atoms with Gasteiger partial charge < -0.3 is 10.9 Å².